The van der Waals surface area contributed by atoms with Crippen molar-refractivity contribution in [3.63, 3.8) is 0 Å². The molecule has 0 aromatic rings. The van der Waals surface area contributed by atoms with Crippen LogP contribution in [0.5, 0.6) is 0 Å². The number of unbranched alkanes of at least 4 members (excludes halogenated alkanes) is 3. The standard InChI is InChI=1S/C8H13O2.3C4H9.Sn/c1-4-7-5-9-8(2,3)10-6-7;3*1-3-4-2;/h1,4,7H,5-6H2,2-3H3;3*1,3-4H2,2H3;. The Balaban J connectivity index is 2.73. The van der Waals surface area contributed by atoms with Crippen molar-refractivity contribution in [3.8, 4) is 0 Å². The van der Waals surface area contributed by atoms with Crippen LogP contribution in [0, 0.1) is 5.92 Å². The van der Waals surface area contributed by atoms with Crippen molar-refractivity contribution in [1.29, 1.82) is 0 Å². The van der Waals surface area contributed by atoms with E-state index in [1.54, 1.807) is 13.3 Å². The Morgan fingerprint density at radius 3 is 1.70 bits per heavy atom. The average Bonchev–Trinajstić information content (AvgIpc) is 2.54. The predicted octanol–water partition coefficient (Wildman–Crippen LogP) is 6.33. The predicted molar refractivity (Wildman–Crippen MR) is 104 cm³/mol. The zero-order valence-corrected chi connectivity index (χ0v) is 19.2. The summed E-state index contributed by atoms with van der Waals surface area (Å²) in [5.74, 6) is 0.0705. The molecule has 1 heterocycles. The van der Waals surface area contributed by atoms with E-state index in [1.807, 2.05) is 13.8 Å². The van der Waals surface area contributed by atoms with Crippen molar-refractivity contribution in [3.05, 3.63) is 10.2 Å². The Kier molecular flexibility index (Phi) is 10.4. The Morgan fingerprint density at radius 2 is 1.30 bits per heavy atom. The van der Waals surface area contributed by atoms with Gasteiger partial charge in [-0.25, -0.2) is 0 Å². The molecule has 2 nitrogen and oxygen atoms in total. The molecule has 0 aromatic carbocycles. The zero-order valence-electron chi connectivity index (χ0n) is 16.3. The van der Waals surface area contributed by atoms with E-state index in [9.17, 15) is 0 Å². The van der Waals surface area contributed by atoms with Crippen LogP contribution in [0.25, 0.3) is 0 Å². The van der Waals surface area contributed by atoms with Crippen LogP contribution in [0.2, 0.25) is 13.3 Å². The van der Waals surface area contributed by atoms with Gasteiger partial charge in [-0.2, -0.15) is 0 Å². The van der Waals surface area contributed by atoms with E-state index in [0.717, 1.165) is 13.2 Å². The molecule has 0 saturated carbocycles. The number of hydrogen-bond acceptors (Lipinski definition) is 2. The molecule has 0 N–H and O–H groups in total. The fraction of sp³-hybridized carbons (Fsp3) is 0.900. The molecule has 1 fully saturated rings. The summed E-state index contributed by atoms with van der Waals surface area (Å²) in [5.41, 5.74) is 0. The Hall–Kier alpha value is 0.459. The minimum absolute atomic E-state index is 0.392. The molecule has 0 aliphatic carbocycles. The first-order chi connectivity index (χ1) is 11.0. The SMILES string of the molecule is CCC[CH2][Sn](/[CH]=C/C1COC(C)(C)OC1)([CH2]CCC)[CH2]CCC. The van der Waals surface area contributed by atoms with Gasteiger partial charge in [0.25, 0.3) is 0 Å². The third kappa shape index (κ3) is 8.40. The maximum atomic E-state index is 5.84. The van der Waals surface area contributed by atoms with Crippen LogP contribution in [0.4, 0.5) is 0 Å². The minimum atomic E-state index is -2.12. The van der Waals surface area contributed by atoms with E-state index in [0.29, 0.717) is 5.92 Å². The van der Waals surface area contributed by atoms with Gasteiger partial charge < -0.3 is 0 Å². The van der Waals surface area contributed by atoms with Crippen molar-refractivity contribution in [2.75, 3.05) is 13.2 Å². The van der Waals surface area contributed by atoms with Gasteiger partial charge in [0.1, 0.15) is 0 Å². The summed E-state index contributed by atoms with van der Waals surface area (Å²) in [6.45, 7) is 12.7. The van der Waals surface area contributed by atoms with Crippen LogP contribution in [0.1, 0.15) is 73.1 Å². The van der Waals surface area contributed by atoms with Crippen LogP contribution >= 0.6 is 0 Å². The fourth-order valence-electron chi connectivity index (χ4n) is 3.37. The molecule has 1 aliphatic rings. The summed E-state index contributed by atoms with van der Waals surface area (Å²) in [5, 5.41) is 0. The summed E-state index contributed by atoms with van der Waals surface area (Å²) in [6.07, 6.45) is 10.8. The second-order valence-corrected chi connectivity index (χ2v) is 20.8. The molecule has 0 atom stereocenters. The molecular formula is C20H40O2Sn. The summed E-state index contributed by atoms with van der Waals surface area (Å²) < 4.78 is 19.1. The van der Waals surface area contributed by atoms with Crippen LogP contribution < -0.4 is 0 Å². The molecule has 1 saturated heterocycles. The molecule has 136 valence electrons. The summed E-state index contributed by atoms with van der Waals surface area (Å²) >= 11 is -2.12. The number of hydrogen-bond donors (Lipinski definition) is 0. The second-order valence-electron chi connectivity index (χ2n) is 7.81. The third-order valence-corrected chi connectivity index (χ3v) is 19.2. The van der Waals surface area contributed by atoms with Crippen molar-refractivity contribution in [2.45, 2.75) is 92.2 Å². The first kappa shape index (κ1) is 21.5. The van der Waals surface area contributed by atoms with E-state index < -0.39 is 24.2 Å². The van der Waals surface area contributed by atoms with Gasteiger partial charge in [0.15, 0.2) is 0 Å². The first-order valence-electron chi connectivity index (χ1n) is 9.94. The monoisotopic (exact) mass is 432 g/mol. The summed E-state index contributed by atoms with van der Waals surface area (Å²) in [7, 11) is 0. The first-order valence-corrected chi connectivity index (χ1v) is 17.6. The van der Waals surface area contributed by atoms with E-state index in [2.05, 4.69) is 30.9 Å². The van der Waals surface area contributed by atoms with Crippen molar-refractivity contribution in [2.24, 2.45) is 5.92 Å². The summed E-state index contributed by atoms with van der Waals surface area (Å²) in [4.78, 5) is 0. The molecule has 3 heteroatoms. The van der Waals surface area contributed by atoms with Crippen molar-refractivity contribution >= 4 is 18.4 Å². The van der Waals surface area contributed by atoms with Crippen molar-refractivity contribution < 1.29 is 9.47 Å². The van der Waals surface area contributed by atoms with E-state index in [4.69, 9.17) is 9.47 Å². The van der Waals surface area contributed by atoms with Gasteiger partial charge in [-0.05, 0) is 0 Å². The molecule has 0 radical (unpaired) electrons. The molecule has 0 unspecified atom stereocenters. The van der Waals surface area contributed by atoms with Gasteiger partial charge in [-0.1, -0.05) is 0 Å². The van der Waals surface area contributed by atoms with Gasteiger partial charge in [-0.3, -0.25) is 0 Å². The van der Waals surface area contributed by atoms with Crippen LogP contribution in [0.15, 0.2) is 10.2 Å². The Bertz CT molecular complexity index is 307. The third-order valence-electron chi connectivity index (χ3n) is 5.10. The molecular weight excluding hydrogens is 391 g/mol. The van der Waals surface area contributed by atoms with Gasteiger partial charge in [0.2, 0.25) is 0 Å². The molecule has 0 spiro atoms. The maximum absolute atomic E-state index is 5.84. The van der Waals surface area contributed by atoms with Gasteiger partial charge in [-0.15, -0.1) is 0 Å². The van der Waals surface area contributed by atoms with Gasteiger partial charge in [0, 0.05) is 0 Å². The van der Waals surface area contributed by atoms with Crippen LogP contribution in [0.3, 0.4) is 0 Å². The van der Waals surface area contributed by atoms with Crippen LogP contribution in [-0.2, 0) is 9.47 Å². The molecule has 1 rings (SSSR count). The van der Waals surface area contributed by atoms with E-state index >= 15 is 0 Å². The van der Waals surface area contributed by atoms with E-state index in [1.165, 1.54) is 38.5 Å². The molecule has 0 bridgehead atoms. The van der Waals surface area contributed by atoms with Gasteiger partial charge in [0.05, 0.1) is 0 Å². The van der Waals surface area contributed by atoms with Gasteiger partial charge >= 0.3 is 149 Å². The zero-order chi connectivity index (χ0) is 17.2. The van der Waals surface area contributed by atoms with Crippen LogP contribution in [-0.4, -0.2) is 37.4 Å². The average molecular weight is 431 g/mol. The molecule has 0 amide bonds. The Labute approximate surface area is 149 Å². The molecule has 0 aromatic heterocycles. The number of ether oxygens (including phenoxy) is 2. The molecule has 23 heavy (non-hydrogen) atoms. The second kappa shape index (κ2) is 11.1. The molecule has 1 aliphatic heterocycles. The van der Waals surface area contributed by atoms with Crippen molar-refractivity contribution in [1.82, 2.24) is 0 Å². The fourth-order valence-corrected chi connectivity index (χ4v) is 17.9. The normalized spacial score (nSPS) is 19.5. The number of rotatable bonds is 11. The Morgan fingerprint density at radius 1 is 0.870 bits per heavy atom. The topological polar surface area (TPSA) is 18.5 Å². The quantitative estimate of drug-likeness (QED) is 0.356. The summed E-state index contributed by atoms with van der Waals surface area (Å²) in [6, 6.07) is 0. The van der Waals surface area contributed by atoms with E-state index in [-0.39, 0.29) is 0 Å².